The maximum Gasteiger partial charge on any atom is 0.258 e. The number of pyridine rings is 1. The molecular weight excluding hydrogens is 364 g/mol. The van der Waals surface area contributed by atoms with Crippen molar-refractivity contribution in [2.24, 2.45) is 0 Å². The maximum atomic E-state index is 13.8. The SMILES string of the molecule is CCNC(=O)C[C@H]1CCCCN1C(=O)c1c(-c2ccccc2)nn2ccccc12. The predicted octanol–water partition coefficient (Wildman–Crippen LogP) is 3.52. The fourth-order valence-electron chi connectivity index (χ4n) is 4.11. The molecule has 2 aromatic heterocycles. The van der Waals surface area contributed by atoms with Crippen LogP contribution in [0.25, 0.3) is 16.8 Å². The second kappa shape index (κ2) is 8.47. The number of carbonyl (C=O) groups is 2. The zero-order valence-electron chi connectivity index (χ0n) is 16.7. The summed E-state index contributed by atoms with van der Waals surface area (Å²) in [5.41, 5.74) is 3.00. The van der Waals surface area contributed by atoms with Crippen LogP contribution in [0.4, 0.5) is 0 Å². The lowest BCUT2D eigenvalue weighted by Crippen LogP contribution is -2.46. The lowest BCUT2D eigenvalue weighted by atomic mass is 9.96. The highest BCUT2D eigenvalue weighted by atomic mass is 16.2. The van der Waals surface area contributed by atoms with E-state index in [1.807, 2.05) is 66.6 Å². The van der Waals surface area contributed by atoms with Crippen LogP contribution in [-0.4, -0.2) is 45.5 Å². The van der Waals surface area contributed by atoms with E-state index in [0.717, 1.165) is 30.3 Å². The molecule has 1 aliphatic rings. The van der Waals surface area contributed by atoms with E-state index in [9.17, 15) is 9.59 Å². The molecule has 1 fully saturated rings. The van der Waals surface area contributed by atoms with E-state index in [2.05, 4.69) is 5.32 Å². The summed E-state index contributed by atoms with van der Waals surface area (Å²) >= 11 is 0. The minimum absolute atomic E-state index is 0.000321. The number of piperidine rings is 1. The van der Waals surface area contributed by atoms with Gasteiger partial charge in [0.2, 0.25) is 5.91 Å². The second-order valence-electron chi connectivity index (χ2n) is 7.43. The normalized spacial score (nSPS) is 16.7. The van der Waals surface area contributed by atoms with Gasteiger partial charge in [0.05, 0.1) is 11.1 Å². The number of hydrogen-bond donors (Lipinski definition) is 1. The van der Waals surface area contributed by atoms with Crippen LogP contribution in [0.5, 0.6) is 0 Å². The Morgan fingerprint density at radius 1 is 1.10 bits per heavy atom. The Labute approximate surface area is 170 Å². The third kappa shape index (κ3) is 3.88. The number of amides is 2. The van der Waals surface area contributed by atoms with Gasteiger partial charge in [-0.05, 0) is 38.3 Å². The van der Waals surface area contributed by atoms with E-state index in [0.29, 0.717) is 30.8 Å². The Morgan fingerprint density at radius 3 is 2.69 bits per heavy atom. The van der Waals surface area contributed by atoms with Crippen LogP contribution in [0.2, 0.25) is 0 Å². The fourth-order valence-corrected chi connectivity index (χ4v) is 4.11. The average molecular weight is 390 g/mol. The minimum atomic E-state index is -0.0786. The van der Waals surface area contributed by atoms with Crippen molar-refractivity contribution >= 4 is 17.3 Å². The van der Waals surface area contributed by atoms with Gasteiger partial charge in [-0.2, -0.15) is 5.10 Å². The number of hydrogen-bond acceptors (Lipinski definition) is 3. The first-order chi connectivity index (χ1) is 14.2. The lowest BCUT2D eigenvalue weighted by molar-refractivity contribution is -0.122. The molecule has 0 unspecified atom stereocenters. The van der Waals surface area contributed by atoms with E-state index >= 15 is 0 Å². The van der Waals surface area contributed by atoms with E-state index in [-0.39, 0.29) is 17.9 Å². The summed E-state index contributed by atoms with van der Waals surface area (Å²) in [4.78, 5) is 27.8. The Hall–Kier alpha value is -3.15. The van der Waals surface area contributed by atoms with Crippen molar-refractivity contribution in [3.63, 3.8) is 0 Å². The van der Waals surface area contributed by atoms with Crippen LogP contribution in [0, 0.1) is 0 Å². The van der Waals surface area contributed by atoms with Gasteiger partial charge >= 0.3 is 0 Å². The van der Waals surface area contributed by atoms with Gasteiger partial charge in [-0.25, -0.2) is 4.52 Å². The molecule has 1 atom stereocenters. The zero-order chi connectivity index (χ0) is 20.2. The molecule has 3 aromatic rings. The molecule has 6 nitrogen and oxygen atoms in total. The van der Waals surface area contributed by atoms with Crippen LogP contribution >= 0.6 is 0 Å². The highest BCUT2D eigenvalue weighted by Crippen LogP contribution is 2.30. The van der Waals surface area contributed by atoms with Crippen LogP contribution in [0.15, 0.2) is 54.7 Å². The quantitative estimate of drug-likeness (QED) is 0.725. The first kappa shape index (κ1) is 19.2. The number of carbonyl (C=O) groups excluding carboxylic acids is 2. The third-order valence-electron chi connectivity index (χ3n) is 5.48. The molecule has 0 saturated carbocycles. The predicted molar refractivity (Wildman–Crippen MR) is 113 cm³/mol. The molecule has 4 rings (SSSR count). The van der Waals surface area contributed by atoms with Gasteiger partial charge < -0.3 is 10.2 Å². The molecule has 0 radical (unpaired) electrons. The monoisotopic (exact) mass is 390 g/mol. The summed E-state index contributed by atoms with van der Waals surface area (Å²) in [6.45, 7) is 3.18. The van der Waals surface area contributed by atoms with E-state index < -0.39 is 0 Å². The molecule has 1 aliphatic heterocycles. The molecule has 1 N–H and O–H groups in total. The maximum absolute atomic E-state index is 13.8. The van der Waals surface area contributed by atoms with Crippen molar-refractivity contribution in [1.29, 1.82) is 0 Å². The molecule has 0 aliphatic carbocycles. The molecule has 150 valence electrons. The molecule has 2 amide bonds. The Bertz CT molecular complexity index is 1010. The summed E-state index contributed by atoms with van der Waals surface area (Å²) in [5, 5.41) is 7.56. The van der Waals surface area contributed by atoms with Gasteiger partial charge in [-0.3, -0.25) is 9.59 Å². The largest absolute Gasteiger partial charge is 0.356 e. The average Bonchev–Trinajstić information content (AvgIpc) is 3.14. The number of nitrogens with one attached hydrogen (secondary N) is 1. The summed E-state index contributed by atoms with van der Waals surface area (Å²) < 4.78 is 1.76. The van der Waals surface area contributed by atoms with Crippen molar-refractivity contribution in [2.45, 2.75) is 38.6 Å². The minimum Gasteiger partial charge on any atom is -0.356 e. The van der Waals surface area contributed by atoms with Gasteiger partial charge in [0.25, 0.3) is 5.91 Å². The van der Waals surface area contributed by atoms with Crippen molar-refractivity contribution in [1.82, 2.24) is 19.8 Å². The molecule has 0 spiro atoms. The van der Waals surface area contributed by atoms with Crippen molar-refractivity contribution in [2.75, 3.05) is 13.1 Å². The van der Waals surface area contributed by atoms with Crippen LogP contribution in [0.1, 0.15) is 43.0 Å². The summed E-state index contributed by atoms with van der Waals surface area (Å²) in [7, 11) is 0. The van der Waals surface area contributed by atoms with Crippen molar-refractivity contribution in [3.8, 4) is 11.3 Å². The topological polar surface area (TPSA) is 66.7 Å². The molecule has 0 bridgehead atoms. The van der Waals surface area contributed by atoms with Gasteiger partial charge in [0, 0.05) is 37.3 Å². The number of aromatic nitrogens is 2. The van der Waals surface area contributed by atoms with Gasteiger partial charge in [0.1, 0.15) is 5.69 Å². The smallest absolute Gasteiger partial charge is 0.258 e. The first-order valence-electron chi connectivity index (χ1n) is 10.3. The highest BCUT2D eigenvalue weighted by Gasteiger charge is 2.32. The second-order valence-corrected chi connectivity index (χ2v) is 7.43. The third-order valence-corrected chi connectivity index (χ3v) is 5.48. The summed E-state index contributed by atoms with van der Waals surface area (Å²) in [5.74, 6) is -0.0422. The van der Waals surface area contributed by atoms with E-state index in [1.54, 1.807) is 4.52 Å². The molecule has 1 saturated heterocycles. The van der Waals surface area contributed by atoms with Gasteiger partial charge in [0.15, 0.2) is 0 Å². The number of nitrogens with zero attached hydrogens (tertiary/aromatic N) is 3. The molecule has 29 heavy (non-hydrogen) atoms. The summed E-state index contributed by atoms with van der Waals surface area (Å²) in [6.07, 6.45) is 5.05. The zero-order valence-corrected chi connectivity index (χ0v) is 16.7. The Balaban J connectivity index is 1.74. The first-order valence-corrected chi connectivity index (χ1v) is 10.3. The standard InChI is InChI=1S/C23H26N4O2/c1-2-24-20(28)16-18-12-6-8-14-26(18)23(29)21-19-13-7-9-15-27(19)25-22(21)17-10-4-3-5-11-17/h3-5,7,9-11,13,15,18H,2,6,8,12,14,16H2,1H3,(H,24,28)/t18-/m1/s1. The number of benzene rings is 1. The van der Waals surface area contributed by atoms with Crippen LogP contribution < -0.4 is 5.32 Å². The van der Waals surface area contributed by atoms with E-state index in [1.165, 1.54) is 0 Å². The van der Waals surface area contributed by atoms with E-state index in [4.69, 9.17) is 5.10 Å². The number of fused-ring (bicyclic) bond motifs is 1. The molecule has 3 heterocycles. The molecule has 6 heteroatoms. The van der Waals surface area contributed by atoms with Gasteiger partial charge in [-0.15, -0.1) is 0 Å². The lowest BCUT2D eigenvalue weighted by Gasteiger charge is -2.35. The number of rotatable bonds is 5. The highest BCUT2D eigenvalue weighted by molar-refractivity contribution is 6.06. The van der Waals surface area contributed by atoms with Crippen LogP contribution in [-0.2, 0) is 4.79 Å². The summed E-state index contributed by atoms with van der Waals surface area (Å²) in [6, 6.07) is 15.5. The number of likely N-dealkylation sites (tertiary alicyclic amines) is 1. The Kier molecular flexibility index (Phi) is 5.60. The fraction of sp³-hybridized carbons (Fsp3) is 0.348. The van der Waals surface area contributed by atoms with Crippen LogP contribution in [0.3, 0.4) is 0 Å². The molecule has 1 aromatic carbocycles. The Morgan fingerprint density at radius 2 is 1.90 bits per heavy atom. The van der Waals surface area contributed by atoms with Crippen molar-refractivity contribution < 1.29 is 9.59 Å². The van der Waals surface area contributed by atoms with Gasteiger partial charge in [-0.1, -0.05) is 36.4 Å². The molecular formula is C23H26N4O2. The van der Waals surface area contributed by atoms with Crippen molar-refractivity contribution in [3.05, 3.63) is 60.3 Å².